The Morgan fingerprint density at radius 3 is 1.21 bits per heavy atom. The van der Waals surface area contributed by atoms with Crippen molar-refractivity contribution in [3.8, 4) is 23.0 Å². The third-order valence-electron chi connectivity index (χ3n) is 9.05. The lowest BCUT2D eigenvalue weighted by Gasteiger charge is -2.22. The van der Waals surface area contributed by atoms with E-state index in [1.807, 2.05) is 60.7 Å². The number of hydrogen-bond acceptors (Lipinski definition) is 12. The van der Waals surface area contributed by atoms with Crippen molar-refractivity contribution in [2.45, 2.75) is 84.8 Å². The molecule has 4 aromatic rings. The molecule has 4 aromatic carbocycles. The van der Waals surface area contributed by atoms with Crippen molar-refractivity contribution in [3.63, 3.8) is 0 Å². The van der Waals surface area contributed by atoms with Crippen LogP contribution in [0.2, 0.25) is 0 Å². The molecule has 332 valence electrons. The fourth-order valence-corrected chi connectivity index (χ4v) is 6.24. The van der Waals surface area contributed by atoms with Gasteiger partial charge in [-0.2, -0.15) is 0 Å². The van der Waals surface area contributed by atoms with E-state index in [9.17, 15) is 28.8 Å². The quantitative estimate of drug-likeness (QED) is 0.0360. The number of hydrogen-bond donors (Lipinski definition) is 0. The number of allylic oxidation sites excluding steroid dienone is 2. The van der Waals surface area contributed by atoms with Crippen LogP contribution in [0.25, 0.3) is 12.2 Å². The summed E-state index contributed by atoms with van der Waals surface area (Å²) in [6.07, 6.45) is 5.29. The van der Waals surface area contributed by atoms with Gasteiger partial charge in [-0.05, 0) is 113 Å². The molecule has 0 aromatic heterocycles. The van der Waals surface area contributed by atoms with Gasteiger partial charge in [-0.1, -0.05) is 84.9 Å². The van der Waals surface area contributed by atoms with Gasteiger partial charge in [0.25, 0.3) is 0 Å². The number of carbonyl (C=O) groups excluding carboxylic acids is 6. The summed E-state index contributed by atoms with van der Waals surface area (Å²) < 4.78 is 33.4. The summed E-state index contributed by atoms with van der Waals surface area (Å²) in [6, 6.07) is 28.0. The summed E-state index contributed by atoms with van der Waals surface area (Å²) in [5, 5.41) is 0. The Kier molecular flexibility index (Phi) is 17.7. The first-order valence-corrected chi connectivity index (χ1v) is 20.5. The molecule has 0 amide bonds. The fraction of sp³-hybridized carbons (Fsp3) is 0.333. The smallest absolute Gasteiger partial charge is 0.315 e. The van der Waals surface area contributed by atoms with Crippen molar-refractivity contribution >= 4 is 47.6 Å². The van der Waals surface area contributed by atoms with Gasteiger partial charge in [0.1, 0.15) is 11.2 Å². The number of ketones is 2. The Labute approximate surface area is 369 Å². The highest BCUT2D eigenvalue weighted by molar-refractivity contribution is 6.11. The molecule has 0 aliphatic rings. The van der Waals surface area contributed by atoms with Crippen molar-refractivity contribution in [3.05, 3.63) is 131 Å². The fourth-order valence-electron chi connectivity index (χ4n) is 6.24. The molecule has 0 aliphatic heterocycles. The van der Waals surface area contributed by atoms with Crippen molar-refractivity contribution in [1.82, 2.24) is 0 Å². The second-order valence-electron chi connectivity index (χ2n) is 16.8. The molecule has 0 radical (unpaired) electrons. The Bertz CT molecular complexity index is 2120. The zero-order valence-electron chi connectivity index (χ0n) is 37.1. The Morgan fingerprint density at radius 2 is 0.873 bits per heavy atom. The molecule has 0 saturated heterocycles. The van der Waals surface area contributed by atoms with Gasteiger partial charge in [0.2, 0.25) is 0 Å². The number of methoxy groups -OCH3 is 2. The summed E-state index contributed by atoms with van der Waals surface area (Å²) in [6.45, 7) is 10.5. The highest BCUT2D eigenvalue weighted by Crippen LogP contribution is 2.32. The summed E-state index contributed by atoms with van der Waals surface area (Å²) in [7, 11) is 2.82. The largest absolute Gasteiger partial charge is 0.493 e. The van der Waals surface area contributed by atoms with Gasteiger partial charge in [-0.3, -0.25) is 28.8 Å². The number of ether oxygens (including phenoxy) is 6. The minimum absolute atomic E-state index is 0.127. The van der Waals surface area contributed by atoms with Crippen molar-refractivity contribution in [2.75, 3.05) is 14.2 Å². The molecule has 12 nitrogen and oxygen atoms in total. The SMILES string of the molecule is COc1cc(/C=C/C(=O)CC(=O)/C=C/c2ccc(OC(=O)[C@@H](CC(=O)OC(C)(C)C)Cc3ccccc3)c(OC)c2)ccc1OC(=O)[C@@H](CC(=O)OC(C)(C)C)Cc1ccccc1. The molecule has 0 unspecified atom stereocenters. The average molecular weight is 861 g/mol. The second-order valence-corrected chi connectivity index (χ2v) is 16.8. The highest BCUT2D eigenvalue weighted by atomic mass is 16.6. The van der Waals surface area contributed by atoms with Crippen LogP contribution in [0.4, 0.5) is 0 Å². The van der Waals surface area contributed by atoms with Gasteiger partial charge >= 0.3 is 23.9 Å². The molecular formula is C51H56O12. The topological polar surface area (TPSA) is 158 Å². The third kappa shape index (κ3) is 17.2. The summed E-state index contributed by atoms with van der Waals surface area (Å²) in [5.74, 6) is -4.20. The molecule has 0 saturated carbocycles. The van der Waals surface area contributed by atoms with Gasteiger partial charge in [0.15, 0.2) is 34.6 Å². The Balaban J connectivity index is 1.37. The number of rotatable bonds is 20. The number of esters is 4. The van der Waals surface area contributed by atoms with E-state index in [2.05, 4.69) is 0 Å². The average Bonchev–Trinajstić information content (AvgIpc) is 3.21. The lowest BCUT2D eigenvalue weighted by atomic mass is 9.96. The van der Waals surface area contributed by atoms with E-state index < -0.39 is 64.9 Å². The van der Waals surface area contributed by atoms with E-state index in [0.717, 1.165) is 11.1 Å². The van der Waals surface area contributed by atoms with Crippen LogP contribution in [0.3, 0.4) is 0 Å². The molecule has 2 atom stereocenters. The zero-order valence-corrected chi connectivity index (χ0v) is 37.1. The molecule has 0 bridgehead atoms. The van der Waals surface area contributed by atoms with Crippen LogP contribution in [-0.2, 0) is 51.1 Å². The van der Waals surface area contributed by atoms with E-state index in [4.69, 9.17) is 28.4 Å². The molecule has 63 heavy (non-hydrogen) atoms. The van der Waals surface area contributed by atoms with Crippen LogP contribution in [0.1, 0.15) is 83.1 Å². The standard InChI is InChI=1S/C51H56O12/c1-50(2,3)62-46(54)31-38(27-34-15-11-9-12-16-34)48(56)60-42-25-21-36(29-44(42)58-7)19-23-40(52)33-41(53)24-20-37-22-26-43(45(30-37)59-8)61-49(57)39(28-35-17-13-10-14-18-35)32-47(55)63-51(4,5)6/h9-26,29-30,38-39H,27-28,31-33H2,1-8H3/b23-19+,24-20+/t38-,39-/m1/s1. The third-order valence-corrected chi connectivity index (χ3v) is 9.05. The maximum Gasteiger partial charge on any atom is 0.315 e. The monoisotopic (exact) mass is 860 g/mol. The predicted octanol–water partition coefficient (Wildman–Crippen LogP) is 8.95. The van der Waals surface area contributed by atoms with Crippen LogP contribution in [0, 0.1) is 11.8 Å². The van der Waals surface area contributed by atoms with Crippen LogP contribution in [0.15, 0.2) is 109 Å². The molecule has 0 fully saturated rings. The van der Waals surface area contributed by atoms with Crippen LogP contribution in [-0.4, -0.2) is 60.9 Å². The molecule has 0 N–H and O–H groups in total. The van der Waals surface area contributed by atoms with E-state index in [1.54, 1.807) is 65.8 Å². The number of carbonyl (C=O) groups is 6. The van der Waals surface area contributed by atoms with Gasteiger partial charge < -0.3 is 28.4 Å². The van der Waals surface area contributed by atoms with Crippen molar-refractivity contribution in [2.24, 2.45) is 11.8 Å². The maximum absolute atomic E-state index is 13.4. The van der Waals surface area contributed by atoms with Crippen LogP contribution in [0.5, 0.6) is 23.0 Å². The first-order chi connectivity index (χ1) is 29.8. The first-order valence-electron chi connectivity index (χ1n) is 20.5. The molecule has 0 heterocycles. The number of benzene rings is 4. The van der Waals surface area contributed by atoms with Gasteiger partial charge in [-0.15, -0.1) is 0 Å². The second kappa shape index (κ2) is 22.9. The van der Waals surface area contributed by atoms with E-state index >= 15 is 0 Å². The molecule has 4 rings (SSSR count). The first kappa shape index (κ1) is 48.8. The molecular weight excluding hydrogens is 805 g/mol. The van der Waals surface area contributed by atoms with Crippen molar-refractivity contribution in [1.29, 1.82) is 0 Å². The molecule has 0 spiro atoms. The Hall–Kier alpha value is -6.82. The summed E-state index contributed by atoms with van der Waals surface area (Å²) in [4.78, 5) is 77.8. The highest BCUT2D eigenvalue weighted by Gasteiger charge is 2.30. The van der Waals surface area contributed by atoms with Gasteiger partial charge in [0, 0.05) is 0 Å². The Morgan fingerprint density at radius 1 is 0.508 bits per heavy atom. The van der Waals surface area contributed by atoms with E-state index in [-0.39, 0.29) is 48.7 Å². The lowest BCUT2D eigenvalue weighted by Crippen LogP contribution is -2.30. The molecule has 0 aliphatic carbocycles. The maximum atomic E-state index is 13.4. The van der Waals surface area contributed by atoms with Crippen molar-refractivity contribution < 1.29 is 57.2 Å². The molecule has 12 heteroatoms. The normalized spacial score (nSPS) is 12.6. The zero-order chi connectivity index (χ0) is 46.2. The summed E-state index contributed by atoms with van der Waals surface area (Å²) >= 11 is 0. The van der Waals surface area contributed by atoms with Crippen LogP contribution < -0.4 is 18.9 Å². The summed E-state index contributed by atoms with van der Waals surface area (Å²) in [5.41, 5.74) is 1.35. The minimum atomic E-state index is -0.830. The predicted molar refractivity (Wildman–Crippen MR) is 238 cm³/mol. The van der Waals surface area contributed by atoms with Gasteiger partial charge in [0.05, 0.1) is 45.3 Å². The lowest BCUT2D eigenvalue weighted by molar-refractivity contribution is -0.159. The van der Waals surface area contributed by atoms with Gasteiger partial charge in [-0.25, -0.2) is 0 Å². The van der Waals surface area contributed by atoms with E-state index in [1.165, 1.54) is 50.7 Å². The minimum Gasteiger partial charge on any atom is -0.493 e. The van der Waals surface area contributed by atoms with E-state index in [0.29, 0.717) is 11.1 Å². The van der Waals surface area contributed by atoms with Crippen LogP contribution >= 0.6 is 0 Å².